The van der Waals surface area contributed by atoms with Gasteiger partial charge >= 0.3 is 0 Å². The van der Waals surface area contributed by atoms with E-state index in [0.29, 0.717) is 5.56 Å². The molecule has 2 rings (SSSR count). The molecule has 16 heavy (non-hydrogen) atoms. The Hall–Kier alpha value is -1.63. The summed E-state index contributed by atoms with van der Waals surface area (Å²) in [6.45, 7) is 1.88. The van der Waals surface area contributed by atoms with E-state index in [2.05, 4.69) is 0 Å². The van der Waals surface area contributed by atoms with Crippen LogP contribution in [0.25, 0.3) is 11.3 Å². The summed E-state index contributed by atoms with van der Waals surface area (Å²) in [5.41, 5.74) is 4.59. The Balaban J connectivity index is 2.65. The van der Waals surface area contributed by atoms with Crippen molar-refractivity contribution in [3.63, 3.8) is 0 Å². The fraction of sp³-hybridized carbons (Fsp3) is 0.267. The quantitative estimate of drug-likeness (QED) is 0.644. The highest BCUT2D eigenvalue weighted by Crippen LogP contribution is 2.25. The van der Waals surface area contributed by atoms with Crippen molar-refractivity contribution in [1.29, 1.82) is 0 Å². The second kappa shape index (κ2) is 4.09. The largest absolute Gasteiger partial charge is 0.212 e. The fourth-order valence-corrected chi connectivity index (χ4v) is 2.15. The first-order valence-electron chi connectivity index (χ1n) is 6.87. The van der Waals surface area contributed by atoms with Crippen LogP contribution in [0.2, 0.25) is 0 Å². The summed E-state index contributed by atoms with van der Waals surface area (Å²) in [7, 11) is 1.99. The molecule has 82 valence electrons. The molecule has 0 saturated heterocycles. The minimum atomic E-state index is -2.05. The van der Waals surface area contributed by atoms with Crippen molar-refractivity contribution in [2.75, 3.05) is 0 Å². The Bertz CT molecular complexity index is 592. The minimum absolute atomic E-state index is 0.407. The van der Waals surface area contributed by atoms with E-state index in [1.807, 2.05) is 49.9 Å². The van der Waals surface area contributed by atoms with E-state index < -0.39 is 6.85 Å². The normalized spacial score (nSPS) is 14.1. The molecule has 0 fully saturated rings. The van der Waals surface area contributed by atoms with Crippen LogP contribution in [0, 0.1) is 20.7 Å². The van der Waals surface area contributed by atoms with Crippen molar-refractivity contribution in [1.82, 2.24) is 0 Å². The number of pyridine rings is 1. The number of rotatable bonds is 1. The summed E-state index contributed by atoms with van der Waals surface area (Å²) < 4.78 is 24.6. The van der Waals surface area contributed by atoms with Gasteiger partial charge in [-0.1, -0.05) is 17.7 Å². The molecule has 0 radical (unpaired) electrons. The maximum absolute atomic E-state index is 7.51. The van der Waals surface area contributed by atoms with E-state index in [-0.39, 0.29) is 0 Å². The molecule has 1 nitrogen and oxygen atoms in total. The van der Waals surface area contributed by atoms with Crippen molar-refractivity contribution in [3.05, 3.63) is 53.2 Å². The van der Waals surface area contributed by atoms with E-state index in [4.69, 9.17) is 4.11 Å². The zero-order valence-corrected chi connectivity index (χ0v) is 9.91. The number of nitrogens with zero attached hydrogens (tertiary/aromatic N) is 1. The summed E-state index contributed by atoms with van der Waals surface area (Å²) in [5.74, 6) is 0. The van der Waals surface area contributed by atoms with Gasteiger partial charge in [0.15, 0.2) is 6.20 Å². The van der Waals surface area contributed by atoms with Crippen molar-refractivity contribution >= 4 is 0 Å². The van der Waals surface area contributed by atoms with Gasteiger partial charge in [-0.2, -0.15) is 0 Å². The molecule has 0 aliphatic carbocycles. The van der Waals surface area contributed by atoms with Crippen LogP contribution in [0.15, 0.2) is 36.5 Å². The summed E-state index contributed by atoms with van der Waals surface area (Å²) in [4.78, 5) is 0. The van der Waals surface area contributed by atoms with Gasteiger partial charge in [-0.05, 0) is 37.9 Å². The molecule has 1 heteroatoms. The lowest BCUT2D eigenvalue weighted by atomic mass is 9.97. The van der Waals surface area contributed by atoms with Crippen molar-refractivity contribution in [2.45, 2.75) is 20.7 Å². The van der Waals surface area contributed by atoms with Crippen molar-refractivity contribution in [2.24, 2.45) is 7.05 Å². The average molecular weight is 215 g/mol. The Morgan fingerprint density at radius 2 is 1.81 bits per heavy atom. The number of aryl methyl sites for hydroxylation is 4. The first-order valence-corrected chi connectivity index (χ1v) is 5.37. The smallest absolute Gasteiger partial charge is 0.201 e. The second-order valence-electron chi connectivity index (χ2n) is 4.18. The van der Waals surface area contributed by atoms with Gasteiger partial charge < -0.3 is 0 Å². The molecular formula is C15H18N+. The number of hydrogen-bond donors (Lipinski definition) is 0. The third-order valence-corrected chi connectivity index (χ3v) is 2.84. The molecule has 0 spiro atoms. The first kappa shape index (κ1) is 7.61. The van der Waals surface area contributed by atoms with Crippen LogP contribution in [-0.4, -0.2) is 0 Å². The van der Waals surface area contributed by atoms with Gasteiger partial charge in [-0.25, -0.2) is 4.57 Å². The number of benzene rings is 1. The van der Waals surface area contributed by atoms with Crippen LogP contribution in [0.3, 0.4) is 0 Å². The predicted molar refractivity (Wildman–Crippen MR) is 67.3 cm³/mol. The lowest BCUT2D eigenvalue weighted by Gasteiger charge is -2.09. The second-order valence-corrected chi connectivity index (χ2v) is 4.18. The van der Waals surface area contributed by atoms with E-state index in [9.17, 15) is 0 Å². The Morgan fingerprint density at radius 1 is 1.12 bits per heavy atom. The van der Waals surface area contributed by atoms with E-state index in [1.165, 1.54) is 0 Å². The molecule has 0 aliphatic rings. The van der Waals surface area contributed by atoms with Crippen LogP contribution in [0.5, 0.6) is 0 Å². The highest BCUT2D eigenvalue weighted by Gasteiger charge is 2.13. The molecule has 1 aromatic heterocycles. The van der Waals surface area contributed by atoms with Crippen LogP contribution in [-0.2, 0) is 7.05 Å². The molecule has 0 amide bonds. The molecule has 0 bridgehead atoms. The third-order valence-electron chi connectivity index (χ3n) is 2.84. The molecule has 0 aliphatic heterocycles. The predicted octanol–water partition coefficient (Wildman–Crippen LogP) is 3.10. The van der Waals surface area contributed by atoms with Crippen LogP contribution >= 0.6 is 0 Å². The van der Waals surface area contributed by atoms with Gasteiger partial charge in [0.25, 0.3) is 0 Å². The standard InChI is InChI=1S/C15H18N/c1-11-9-12(2)15(13(3)10-11)14-7-5-6-8-16(14)4/h5-10H,1-4H3/q+1/i1D3. The van der Waals surface area contributed by atoms with Gasteiger partial charge in [0.05, 0.1) is 5.56 Å². The third kappa shape index (κ3) is 1.85. The highest BCUT2D eigenvalue weighted by molar-refractivity contribution is 5.65. The molecule has 0 N–H and O–H groups in total. The summed E-state index contributed by atoms with van der Waals surface area (Å²) in [5, 5.41) is 0. The van der Waals surface area contributed by atoms with Crippen LogP contribution in [0.4, 0.5) is 0 Å². The van der Waals surface area contributed by atoms with Gasteiger partial charge in [0.1, 0.15) is 7.05 Å². The topological polar surface area (TPSA) is 3.88 Å². The summed E-state index contributed by atoms with van der Waals surface area (Å²) >= 11 is 0. The zero-order valence-electron chi connectivity index (χ0n) is 12.9. The summed E-state index contributed by atoms with van der Waals surface area (Å²) in [6.07, 6.45) is 1.99. The highest BCUT2D eigenvalue weighted by atomic mass is 14.9. The van der Waals surface area contributed by atoms with E-state index >= 15 is 0 Å². The van der Waals surface area contributed by atoms with Gasteiger partial charge in [-0.3, -0.25) is 0 Å². The Labute approximate surface area is 102 Å². The lowest BCUT2D eigenvalue weighted by molar-refractivity contribution is -0.660. The molecule has 2 aromatic rings. The molecule has 0 saturated carbocycles. The number of hydrogen-bond acceptors (Lipinski definition) is 0. The van der Waals surface area contributed by atoms with Crippen LogP contribution in [0.1, 0.15) is 20.8 Å². The van der Waals surface area contributed by atoms with Gasteiger partial charge in [0.2, 0.25) is 5.69 Å². The Morgan fingerprint density at radius 3 is 2.38 bits per heavy atom. The average Bonchev–Trinajstić information content (AvgIpc) is 2.29. The van der Waals surface area contributed by atoms with Crippen molar-refractivity contribution in [3.8, 4) is 11.3 Å². The van der Waals surface area contributed by atoms with Crippen LogP contribution < -0.4 is 4.57 Å². The molecule has 0 unspecified atom stereocenters. The molecular weight excluding hydrogens is 194 g/mol. The monoisotopic (exact) mass is 215 g/mol. The first-order chi connectivity index (χ1) is 8.80. The van der Waals surface area contributed by atoms with Gasteiger partial charge in [-0.15, -0.1) is 0 Å². The molecule has 1 heterocycles. The molecule has 1 aromatic carbocycles. The minimum Gasteiger partial charge on any atom is -0.201 e. The van der Waals surface area contributed by atoms with E-state index in [1.54, 1.807) is 12.1 Å². The van der Waals surface area contributed by atoms with Crippen molar-refractivity contribution < 1.29 is 8.68 Å². The Kier molecular flexibility index (Phi) is 1.95. The summed E-state index contributed by atoms with van der Waals surface area (Å²) in [6, 6.07) is 9.55. The fourth-order valence-electron chi connectivity index (χ4n) is 2.15. The zero-order chi connectivity index (χ0) is 14.2. The lowest BCUT2D eigenvalue weighted by Crippen LogP contribution is -2.30. The maximum Gasteiger partial charge on any atom is 0.212 e. The number of aromatic nitrogens is 1. The molecule has 0 atom stereocenters. The van der Waals surface area contributed by atoms with E-state index in [0.717, 1.165) is 22.4 Å². The SMILES string of the molecule is [2H]C([2H])([2H])c1cc(C)c(-c2cccc[n+]2C)c(C)c1. The van der Waals surface area contributed by atoms with Gasteiger partial charge in [0, 0.05) is 16.2 Å². The maximum atomic E-state index is 7.51.